The second-order valence-corrected chi connectivity index (χ2v) is 10.3. The maximum absolute atomic E-state index is 11.8. The summed E-state index contributed by atoms with van der Waals surface area (Å²) in [7, 11) is 2.92. The van der Waals surface area contributed by atoms with Crippen LogP contribution < -0.4 is 10.6 Å². The number of hydrogen-bond donors (Lipinski definition) is 4. The molecule has 1 atom stereocenters. The number of rotatable bonds is 22. The van der Waals surface area contributed by atoms with Gasteiger partial charge in [0.1, 0.15) is 0 Å². The summed E-state index contributed by atoms with van der Waals surface area (Å²) < 4.78 is 0. The molecule has 0 aromatic rings. The fourth-order valence-electron chi connectivity index (χ4n) is 2.57. The number of amides is 2. The molecule has 4 N–H and O–H groups in total. The first-order chi connectivity index (χ1) is 17.1. The molecular weight excluding hydrogens is 480 g/mol. The van der Waals surface area contributed by atoms with Crippen LogP contribution in [-0.4, -0.2) is 59.3 Å². The Balaban J connectivity index is 3.52. The largest absolute Gasteiger partial charge is 0.394 e. The summed E-state index contributed by atoms with van der Waals surface area (Å²) >= 11 is 0. The third-order valence-electron chi connectivity index (χ3n) is 4.46. The maximum Gasteiger partial charge on any atom is 0.230 e. The smallest absolute Gasteiger partial charge is 0.230 e. The molecule has 0 fully saturated rings. The Hall–Kier alpha value is -1.74. The van der Waals surface area contributed by atoms with Crippen molar-refractivity contribution in [2.75, 3.05) is 31.2 Å². The van der Waals surface area contributed by atoms with Crippen molar-refractivity contribution in [3.8, 4) is 0 Å². The fourth-order valence-corrected chi connectivity index (χ4v) is 4.34. The van der Waals surface area contributed by atoms with E-state index in [1.165, 1.54) is 21.6 Å². The summed E-state index contributed by atoms with van der Waals surface area (Å²) in [5.41, 5.74) is 0. The van der Waals surface area contributed by atoms with E-state index in [-0.39, 0.29) is 30.7 Å². The lowest BCUT2D eigenvalue weighted by molar-refractivity contribution is -0.121. The van der Waals surface area contributed by atoms with Crippen LogP contribution in [-0.2, 0) is 9.59 Å². The molecule has 198 valence electrons. The highest BCUT2D eigenvalue weighted by molar-refractivity contribution is 8.76. The lowest BCUT2D eigenvalue weighted by Gasteiger charge is -2.08. The molecule has 0 aromatic carbocycles. The number of nitrogens with one attached hydrogen (secondary N) is 2. The van der Waals surface area contributed by atoms with Crippen molar-refractivity contribution in [2.45, 2.75) is 64.4 Å². The monoisotopic (exact) mass is 524 g/mol. The van der Waals surface area contributed by atoms with Gasteiger partial charge in [0.05, 0.1) is 18.5 Å². The molecule has 0 heterocycles. The van der Waals surface area contributed by atoms with Crippen molar-refractivity contribution in [2.24, 2.45) is 0 Å². The van der Waals surface area contributed by atoms with Crippen molar-refractivity contribution in [3.63, 3.8) is 0 Å². The zero-order valence-electron chi connectivity index (χ0n) is 21.1. The normalized spacial score (nSPS) is 13.1. The van der Waals surface area contributed by atoms with Gasteiger partial charge in [-0.2, -0.15) is 0 Å². The van der Waals surface area contributed by atoms with Crippen LogP contribution in [0.5, 0.6) is 0 Å². The van der Waals surface area contributed by atoms with Crippen LogP contribution >= 0.6 is 21.6 Å². The first-order valence-electron chi connectivity index (χ1n) is 12.4. The minimum Gasteiger partial charge on any atom is -0.394 e. The highest BCUT2D eigenvalue weighted by Crippen LogP contribution is 2.19. The second-order valence-electron chi connectivity index (χ2n) is 7.67. The minimum absolute atomic E-state index is 0.0518. The number of carbonyl (C=O) groups excluding carboxylic acids is 2. The van der Waals surface area contributed by atoms with E-state index < -0.39 is 6.10 Å². The first kappa shape index (κ1) is 33.3. The summed E-state index contributed by atoms with van der Waals surface area (Å²) in [4.78, 5) is 23.4. The van der Waals surface area contributed by atoms with Gasteiger partial charge < -0.3 is 20.8 Å². The number of unbranched alkanes of at least 4 members (excludes halogenated alkanes) is 1. The molecule has 0 spiro atoms. The predicted molar refractivity (Wildman–Crippen MR) is 152 cm³/mol. The fraction of sp³-hybridized carbons (Fsp3) is 0.556. The summed E-state index contributed by atoms with van der Waals surface area (Å²) in [5.74, 6) is 0.856. The van der Waals surface area contributed by atoms with Crippen LogP contribution in [0.15, 0.2) is 60.8 Å². The topological polar surface area (TPSA) is 98.7 Å². The molecule has 0 rings (SSSR count). The number of aliphatic hydroxyl groups is 2. The van der Waals surface area contributed by atoms with Gasteiger partial charge in [-0.1, -0.05) is 89.3 Å². The zero-order chi connectivity index (χ0) is 25.8. The van der Waals surface area contributed by atoms with E-state index in [0.717, 1.165) is 50.7 Å². The van der Waals surface area contributed by atoms with E-state index in [1.54, 1.807) is 0 Å². The lowest BCUT2D eigenvalue weighted by Crippen LogP contribution is -2.34. The third kappa shape index (κ3) is 26.7. The van der Waals surface area contributed by atoms with Crippen molar-refractivity contribution in [1.82, 2.24) is 10.6 Å². The standard InChI is InChI=1S/C27H44N2O4S2/c1-2-3-4-5-6-7-8-9-10-11-12-13-14-15-16-17-18-19-26(32)28-20-21-34-35-24-27(33)29-22-25(31)23-30/h3-4,6-7,9-10,12-13,15-16,25,30-31H,2,5,8,11,14,17-24H2,1H3,(H,28,32)(H,29,33)/b4-3-,7-6-,10-9-,13-12-,16-15-. The Bertz CT molecular complexity index is 676. The van der Waals surface area contributed by atoms with E-state index >= 15 is 0 Å². The van der Waals surface area contributed by atoms with Crippen LogP contribution in [0.25, 0.3) is 0 Å². The van der Waals surface area contributed by atoms with Gasteiger partial charge in [-0.15, -0.1) is 0 Å². The highest BCUT2D eigenvalue weighted by atomic mass is 33.1. The van der Waals surface area contributed by atoms with E-state index in [9.17, 15) is 9.59 Å². The van der Waals surface area contributed by atoms with Gasteiger partial charge in [-0.3, -0.25) is 9.59 Å². The van der Waals surface area contributed by atoms with Crippen molar-refractivity contribution in [1.29, 1.82) is 0 Å². The molecule has 0 saturated heterocycles. The Morgan fingerprint density at radius 1 is 0.800 bits per heavy atom. The van der Waals surface area contributed by atoms with Gasteiger partial charge in [0, 0.05) is 25.3 Å². The molecule has 0 bridgehead atoms. The lowest BCUT2D eigenvalue weighted by atomic mass is 10.2. The molecule has 6 nitrogen and oxygen atoms in total. The van der Waals surface area contributed by atoms with E-state index in [0.29, 0.717) is 13.0 Å². The molecular formula is C27H44N2O4S2. The average Bonchev–Trinajstić information content (AvgIpc) is 2.86. The number of aliphatic hydroxyl groups excluding tert-OH is 2. The highest BCUT2D eigenvalue weighted by Gasteiger charge is 2.06. The minimum atomic E-state index is -0.923. The molecule has 0 saturated carbocycles. The van der Waals surface area contributed by atoms with Gasteiger partial charge >= 0.3 is 0 Å². The van der Waals surface area contributed by atoms with Crippen LogP contribution in [0.2, 0.25) is 0 Å². The molecule has 1 unspecified atom stereocenters. The van der Waals surface area contributed by atoms with Gasteiger partial charge in [0.2, 0.25) is 11.8 Å². The summed E-state index contributed by atoms with van der Waals surface area (Å²) in [5, 5.41) is 23.3. The number of carbonyl (C=O) groups is 2. The van der Waals surface area contributed by atoms with Gasteiger partial charge in [0.15, 0.2) is 0 Å². The molecule has 0 aliphatic carbocycles. The predicted octanol–water partition coefficient (Wildman–Crippen LogP) is 4.88. The first-order valence-corrected chi connectivity index (χ1v) is 14.9. The molecule has 0 aliphatic heterocycles. The summed E-state index contributed by atoms with van der Waals surface area (Å²) in [6.45, 7) is 2.40. The van der Waals surface area contributed by atoms with Crippen molar-refractivity contribution in [3.05, 3.63) is 60.8 Å². The quantitative estimate of drug-likeness (QED) is 0.0916. The Morgan fingerprint density at radius 2 is 1.37 bits per heavy atom. The molecule has 0 aliphatic rings. The number of allylic oxidation sites excluding steroid dienone is 10. The molecule has 0 aromatic heterocycles. The molecule has 2 amide bonds. The Kier molecular flexibility index (Phi) is 25.5. The van der Waals surface area contributed by atoms with Crippen molar-refractivity contribution < 1.29 is 19.8 Å². The van der Waals surface area contributed by atoms with Crippen LogP contribution in [0.4, 0.5) is 0 Å². The molecule has 8 heteroatoms. The average molecular weight is 525 g/mol. The van der Waals surface area contributed by atoms with E-state index in [1.807, 2.05) is 0 Å². The summed E-state index contributed by atoms with van der Waals surface area (Å²) in [6, 6.07) is 0. The Morgan fingerprint density at radius 3 is 1.94 bits per heavy atom. The van der Waals surface area contributed by atoms with E-state index in [4.69, 9.17) is 10.2 Å². The van der Waals surface area contributed by atoms with Gasteiger partial charge in [-0.25, -0.2) is 0 Å². The molecule has 35 heavy (non-hydrogen) atoms. The van der Waals surface area contributed by atoms with Crippen molar-refractivity contribution >= 4 is 33.4 Å². The number of hydrogen-bond acceptors (Lipinski definition) is 6. The summed E-state index contributed by atoms with van der Waals surface area (Å²) in [6.07, 6.45) is 28.0. The van der Waals surface area contributed by atoms with E-state index in [2.05, 4.69) is 78.3 Å². The van der Waals surface area contributed by atoms with Crippen LogP contribution in [0.1, 0.15) is 58.3 Å². The van der Waals surface area contributed by atoms with Gasteiger partial charge in [-0.05, 0) is 44.9 Å². The Labute approximate surface area is 219 Å². The second kappa shape index (κ2) is 26.9. The zero-order valence-corrected chi connectivity index (χ0v) is 22.7. The SMILES string of the molecule is CC/C=C\C/C=C\C/C=C\C/C=C\C/C=C\CCCC(=O)NCCSSCC(=O)NCC(O)CO. The maximum atomic E-state index is 11.8. The van der Waals surface area contributed by atoms with Crippen LogP contribution in [0, 0.1) is 0 Å². The molecule has 0 radical (unpaired) electrons. The van der Waals surface area contributed by atoms with Gasteiger partial charge in [0.25, 0.3) is 0 Å². The van der Waals surface area contributed by atoms with Crippen LogP contribution in [0.3, 0.4) is 0 Å². The third-order valence-corrected chi connectivity index (χ3v) is 6.73.